The smallest absolute Gasteiger partial charge is 0.212 e. The fourth-order valence-electron chi connectivity index (χ4n) is 3.39. The monoisotopic (exact) mass is 387 g/mol. The first kappa shape index (κ1) is 17.6. The van der Waals surface area contributed by atoms with Crippen LogP contribution in [0.2, 0.25) is 5.02 Å². The van der Waals surface area contributed by atoms with Gasteiger partial charge in [-0.2, -0.15) is 4.40 Å². The van der Waals surface area contributed by atoms with Gasteiger partial charge < -0.3 is 14.5 Å². The molecular formula is C20H22ClN3OS. The molecule has 4 nitrogen and oxygen atoms in total. The molecule has 0 atom stereocenters. The number of nitrogens with zero attached hydrogens (tertiary/aromatic N) is 3. The highest BCUT2D eigenvalue weighted by Crippen LogP contribution is 2.33. The molecular weight excluding hydrogens is 366 g/mol. The zero-order chi connectivity index (χ0) is 18.1. The minimum Gasteiger partial charge on any atom is -0.457 e. The number of rotatable bonds is 3. The highest BCUT2D eigenvalue weighted by atomic mass is 35.5. The first-order valence-electron chi connectivity index (χ1n) is 8.76. The molecule has 1 saturated heterocycles. The van der Waals surface area contributed by atoms with Crippen LogP contribution in [0.1, 0.15) is 13.8 Å². The Morgan fingerprint density at radius 2 is 1.65 bits per heavy atom. The van der Waals surface area contributed by atoms with Crippen LogP contribution in [0.3, 0.4) is 0 Å². The molecule has 0 spiro atoms. The van der Waals surface area contributed by atoms with Crippen molar-refractivity contribution in [2.24, 2.45) is 9.81 Å². The van der Waals surface area contributed by atoms with Gasteiger partial charge >= 0.3 is 0 Å². The van der Waals surface area contributed by atoms with Gasteiger partial charge in [0.25, 0.3) is 0 Å². The Morgan fingerprint density at radius 1 is 1.00 bits per heavy atom. The third-order valence-electron chi connectivity index (χ3n) is 4.53. The fraction of sp³-hybridized carbons (Fsp3) is 0.350. The lowest BCUT2D eigenvalue weighted by Gasteiger charge is -2.47. The Hall–Kier alpha value is -1.85. The molecule has 0 radical (unpaired) electrons. The lowest BCUT2D eigenvalue weighted by atomic mass is 9.89. The van der Waals surface area contributed by atoms with E-state index in [0.29, 0.717) is 5.02 Å². The zero-order valence-corrected chi connectivity index (χ0v) is 16.6. The van der Waals surface area contributed by atoms with Gasteiger partial charge in [0.2, 0.25) is 5.96 Å². The molecule has 2 aliphatic heterocycles. The normalized spacial score (nSPS) is 19.0. The Bertz CT molecular complexity index is 805. The van der Waals surface area contributed by atoms with Crippen molar-refractivity contribution < 1.29 is 4.74 Å². The van der Waals surface area contributed by atoms with E-state index in [1.807, 2.05) is 36.4 Å². The SMILES string of the molecule is CC1(C)CN2CCSN=C2N(c2ccc(Oc3ccc(Cl)cc3)cc2)C1. The van der Waals surface area contributed by atoms with Crippen LogP contribution < -0.4 is 9.64 Å². The molecule has 0 unspecified atom stereocenters. The lowest BCUT2D eigenvalue weighted by Crippen LogP contribution is -2.59. The number of guanidine groups is 1. The van der Waals surface area contributed by atoms with E-state index in [1.165, 1.54) is 0 Å². The van der Waals surface area contributed by atoms with Gasteiger partial charge in [-0.1, -0.05) is 25.4 Å². The third-order valence-corrected chi connectivity index (χ3v) is 5.44. The van der Waals surface area contributed by atoms with E-state index in [4.69, 9.17) is 20.7 Å². The summed E-state index contributed by atoms with van der Waals surface area (Å²) < 4.78 is 10.6. The van der Waals surface area contributed by atoms with Crippen molar-refractivity contribution in [1.82, 2.24) is 4.90 Å². The molecule has 0 bridgehead atoms. The largest absolute Gasteiger partial charge is 0.457 e. The highest BCUT2D eigenvalue weighted by molar-refractivity contribution is 7.98. The van der Waals surface area contributed by atoms with Crippen LogP contribution >= 0.6 is 23.5 Å². The second kappa shape index (κ2) is 7.05. The summed E-state index contributed by atoms with van der Waals surface area (Å²) in [5.74, 6) is 3.72. The number of benzene rings is 2. The number of ether oxygens (including phenoxy) is 1. The quantitative estimate of drug-likeness (QED) is 0.668. The minimum absolute atomic E-state index is 0.222. The van der Waals surface area contributed by atoms with Crippen LogP contribution in [0.15, 0.2) is 52.9 Å². The molecule has 1 fully saturated rings. The number of fused-ring (bicyclic) bond motifs is 1. The summed E-state index contributed by atoms with van der Waals surface area (Å²) in [6.07, 6.45) is 0. The average molecular weight is 388 g/mol. The molecule has 0 aliphatic carbocycles. The van der Waals surface area contributed by atoms with Crippen molar-refractivity contribution >= 4 is 35.2 Å². The van der Waals surface area contributed by atoms with E-state index < -0.39 is 0 Å². The third kappa shape index (κ3) is 3.79. The van der Waals surface area contributed by atoms with Crippen LogP contribution in [-0.2, 0) is 0 Å². The van der Waals surface area contributed by atoms with Crippen molar-refractivity contribution in [2.45, 2.75) is 13.8 Å². The number of anilines is 1. The fourth-order valence-corrected chi connectivity index (χ4v) is 4.24. The number of hydrogen-bond acceptors (Lipinski definition) is 5. The Labute approximate surface area is 163 Å². The summed E-state index contributed by atoms with van der Waals surface area (Å²) in [5.41, 5.74) is 1.37. The summed E-state index contributed by atoms with van der Waals surface area (Å²) in [6, 6.07) is 15.6. The first-order chi connectivity index (χ1) is 12.5. The molecule has 0 saturated carbocycles. The predicted octanol–water partition coefficient (Wildman–Crippen LogP) is 5.30. The van der Waals surface area contributed by atoms with Gasteiger partial charge in [0.15, 0.2) is 0 Å². The molecule has 6 heteroatoms. The van der Waals surface area contributed by atoms with Gasteiger partial charge in [-0.15, -0.1) is 0 Å². The number of halogens is 1. The summed E-state index contributed by atoms with van der Waals surface area (Å²) in [6.45, 7) is 7.70. The van der Waals surface area contributed by atoms with Crippen LogP contribution in [-0.4, -0.2) is 36.2 Å². The van der Waals surface area contributed by atoms with Crippen LogP contribution in [0.5, 0.6) is 11.5 Å². The average Bonchev–Trinajstić information content (AvgIpc) is 2.63. The predicted molar refractivity (Wildman–Crippen MR) is 111 cm³/mol. The lowest BCUT2D eigenvalue weighted by molar-refractivity contribution is 0.237. The van der Waals surface area contributed by atoms with Crippen LogP contribution in [0.4, 0.5) is 5.69 Å². The molecule has 0 aromatic heterocycles. The van der Waals surface area contributed by atoms with Gasteiger partial charge in [-0.3, -0.25) is 0 Å². The van der Waals surface area contributed by atoms with Crippen molar-refractivity contribution in [3.63, 3.8) is 0 Å². The summed E-state index contributed by atoms with van der Waals surface area (Å²) >= 11 is 7.58. The second-order valence-corrected chi connectivity index (χ2v) is 8.73. The second-order valence-electron chi connectivity index (χ2n) is 7.45. The van der Waals surface area contributed by atoms with Gasteiger partial charge in [-0.05, 0) is 60.5 Å². The first-order valence-corrected chi connectivity index (χ1v) is 10.1. The molecule has 0 N–H and O–H groups in total. The topological polar surface area (TPSA) is 28.1 Å². The Kier molecular flexibility index (Phi) is 4.76. The molecule has 2 aromatic carbocycles. The maximum absolute atomic E-state index is 5.92. The van der Waals surface area contributed by atoms with E-state index in [9.17, 15) is 0 Å². The summed E-state index contributed by atoms with van der Waals surface area (Å²) in [4.78, 5) is 4.72. The molecule has 2 aromatic rings. The molecule has 26 heavy (non-hydrogen) atoms. The molecule has 2 aliphatic rings. The summed E-state index contributed by atoms with van der Waals surface area (Å²) in [5, 5.41) is 0.705. The van der Waals surface area contributed by atoms with Gasteiger partial charge in [0, 0.05) is 41.5 Å². The summed E-state index contributed by atoms with van der Waals surface area (Å²) in [7, 11) is 0. The van der Waals surface area contributed by atoms with E-state index in [0.717, 1.165) is 48.5 Å². The van der Waals surface area contributed by atoms with Crippen molar-refractivity contribution in [3.8, 4) is 11.5 Å². The molecule has 4 rings (SSSR count). The Balaban J connectivity index is 1.55. The van der Waals surface area contributed by atoms with E-state index in [-0.39, 0.29) is 5.41 Å². The van der Waals surface area contributed by atoms with Crippen LogP contribution in [0, 0.1) is 5.41 Å². The zero-order valence-electron chi connectivity index (χ0n) is 15.0. The molecule has 0 amide bonds. The standard InChI is InChI=1S/C20H22ClN3OS/c1-20(2)13-23-11-12-26-22-19(23)24(14-20)16-5-9-18(10-6-16)25-17-7-3-15(21)4-8-17/h3-10H,11-14H2,1-2H3. The maximum atomic E-state index is 5.92. The van der Waals surface area contributed by atoms with Crippen molar-refractivity contribution in [1.29, 1.82) is 0 Å². The van der Waals surface area contributed by atoms with Gasteiger partial charge in [-0.25, -0.2) is 0 Å². The molecule has 136 valence electrons. The van der Waals surface area contributed by atoms with Gasteiger partial charge in [0.1, 0.15) is 11.5 Å². The highest BCUT2D eigenvalue weighted by Gasteiger charge is 2.36. The maximum Gasteiger partial charge on any atom is 0.212 e. The number of hydrogen-bond donors (Lipinski definition) is 0. The van der Waals surface area contributed by atoms with E-state index >= 15 is 0 Å². The van der Waals surface area contributed by atoms with E-state index in [1.54, 1.807) is 11.9 Å². The van der Waals surface area contributed by atoms with E-state index in [2.05, 4.69) is 35.8 Å². The van der Waals surface area contributed by atoms with Gasteiger partial charge in [0.05, 0.1) is 0 Å². The van der Waals surface area contributed by atoms with Crippen molar-refractivity contribution in [2.75, 3.05) is 30.3 Å². The minimum atomic E-state index is 0.222. The van der Waals surface area contributed by atoms with Crippen LogP contribution in [0.25, 0.3) is 0 Å². The molecule has 2 heterocycles. The Morgan fingerprint density at radius 3 is 2.35 bits per heavy atom. The van der Waals surface area contributed by atoms with Crippen molar-refractivity contribution in [3.05, 3.63) is 53.6 Å².